The monoisotopic (exact) mass is 648 g/mol. The first-order valence-corrected chi connectivity index (χ1v) is 17.7. The second-order valence-electron chi connectivity index (χ2n) is 11.8. The fourth-order valence-corrected chi connectivity index (χ4v) is 8.07. The smallest absolute Gasteiger partial charge is 0.123 e. The van der Waals surface area contributed by atoms with E-state index in [-0.39, 0.29) is 0 Å². The normalized spacial score (nSPS) is 11.3. The lowest BCUT2D eigenvalue weighted by Crippen LogP contribution is -1.92. The van der Waals surface area contributed by atoms with Crippen molar-refractivity contribution in [1.82, 2.24) is 9.97 Å². The molecule has 2 aromatic heterocycles. The number of nitrogens with zero attached hydrogens (tertiary/aromatic N) is 2. The largest absolute Gasteiger partial charge is 0.245 e. The molecule has 0 spiro atoms. The van der Waals surface area contributed by atoms with Gasteiger partial charge in [0.2, 0.25) is 0 Å². The van der Waals surface area contributed by atoms with Crippen molar-refractivity contribution in [2.45, 2.75) is 0 Å². The van der Waals surface area contributed by atoms with Gasteiger partial charge in [0, 0.05) is 34.3 Å². The topological polar surface area (TPSA) is 25.8 Å². The van der Waals surface area contributed by atoms with Crippen molar-refractivity contribution in [3.63, 3.8) is 0 Å². The summed E-state index contributed by atoms with van der Waals surface area (Å²) in [4.78, 5) is 9.08. The van der Waals surface area contributed by atoms with Gasteiger partial charge in [-0.05, 0) is 78.2 Å². The van der Waals surface area contributed by atoms with Gasteiger partial charge in [-0.25, -0.2) is 9.97 Å². The van der Waals surface area contributed by atoms with Gasteiger partial charge in [0.25, 0.3) is 0 Å². The molecule has 0 aliphatic carbocycles. The Morgan fingerprint density at radius 3 is 1.31 bits per heavy atom. The van der Waals surface area contributed by atoms with Crippen LogP contribution in [0.2, 0.25) is 0 Å². The third-order valence-corrected chi connectivity index (χ3v) is 10.7. The van der Waals surface area contributed by atoms with E-state index in [2.05, 4.69) is 156 Å². The van der Waals surface area contributed by atoms with Crippen LogP contribution in [0.1, 0.15) is 0 Å². The second kappa shape index (κ2) is 12.2. The molecule has 4 heteroatoms. The summed E-state index contributed by atoms with van der Waals surface area (Å²) in [6, 6.07) is 53.1. The van der Waals surface area contributed by atoms with E-state index >= 15 is 0 Å². The minimum atomic E-state index is 1.04. The summed E-state index contributed by atoms with van der Waals surface area (Å²) < 4.78 is 0. The fraction of sp³-hybridized carbons (Fsp3) is 0. The van der Waals surface area contributed by atoms with Gasteiger partial charge in [-0.2, -0.15) is 0 Å². The Hall–Kier alpha value is -5.68. The molecule has 0 atom stereocenters. The van der Waals surface area contributed by atoms with Crippen LogP contribution in [-0.4, -0.2) is 9.97 Å². The van der Waals surface area contributed by atoms with E-state index < -0.39 is 0 Å². The maximum Gasteiger partial charge on any atom is 0.123 e. The lowest BCUT2D eigenvalue weighted by molar-refractivity contribution is 1.41. The zero-order valence-corrected chi connectivity index (χ0v) is 27.5. The Kier molecular flexibility index (Phi) is 7.23. The SMILES string of the molecule is c1ccc(-c2cccc(-c3ccc4c(-c5ccc(-c6nccs6)cc5)c5ccccc5c(-c5ccc(-c6nccs6)cc5)c4c3)c2)cc1. The number of benzene rings is 7. The number of rotatable bonds is 6. The molecule has 0 amide bonds. The summed E-state index contributed by atoms with van der Waals surface area (Å²) in [5.41, 5.74) is 12.0. The predicted molar refractivity (Wildman–Crippen MR) is 205 cm³/mol. The van der Waals surface area contributed by atoms with Crippen molar-refractivity contribution < 1.29 is 0 Å². The molecule has 0 N–H and O–H groups in total. The maximum atomic E-state index is 4.55. The molecule has 0 bridgehead atoms. The minimum absolute atomic E-state index is 1.04. The van der Waals surface area contributed by atoms with Gasteiger partial charge < -0.3 is 0 Å². The average molecular weight is 649 g/mol. The first kappa shape index (κ1) is 28.5. The van der Waals surface area contributed by atoms with Crippen molar-refractivity contribution in [3.8, 4) is 65.6 Å². The fourth-order valence-electron chi connectivity index (χ4n) is 6.78. The van der Waals surface area contributed by atoms with Crippen LogP contribution in [0.25, 0.3) is 87.2 Å². The van der Waals surface area contributed by atoms with Crippen LogP contribution in [0.3, 0.4) is 0 Å². The molecule has 9 aromatic rings. The third kappa shape index (κ3) is 5.12. The molecule has 0 aliphatic heterocycles. The third-order valence-electron chi connectivity index (χ3n) is 9.03. The Morgan fingerprint density at radius 2 is 0.750 bits per heavy atom. The first-order chi connectivity index (χ1) is 23.8. The van der Waals surface area contributed by atoms with Crippen LogP contribution in [0.4, 0.5) is 0 Å². The summed E-state index contributed by atoms with van der Waals surface area (Å²) in [7, 11) is 0. The number of hydrogen-bond acceptors (Lipinski definition) is 4. The minimum Gasteiger partial charge on any atom is -0.245 e. The first-order valence-electron chi connectivity index (χ1n) is 16.0. The van der Waals surface area contributed by atoms with E-state index in [1.54, 1.807) is 22.7 Å². The Bertz CT molecular complexity index is 2520. The summed E-state index contributed by atoms with van der Waals surface area (Å²) >= 11 is 3.33. The zero-order valence-electron chi connectivity index (χ0n) is 25.9. The maximum absolute atomic E-state index is 4.55. The predicted octanol–water partition coefficient (Wildman–Crippen LogP) is 12.9. The van der Waals surface area contributed by atoms with E-state index in [1.165, 1.54) is 66.1 Å². The molecule has 0 radical (unpaired) electrons. The van der Waals surface area contributed by atoms with Crippen molar-refractivity contribution in [1.29, 1.82) is 0 Å². The lowest BCUT2D eigenvalue weighted by Gasteiger charge is -2.19. The van der Waals surface area contributed by atoms with Gasteiger partial charge in [0.15, 0.2) is 0 Å². The summed E-state index contributed by atoms with van der Waals surface area (Å²) in [5, 5.41) is 11.1. The number of hydrogen-bond donors (Lipinski definition) is 0. The molecule has 0 aliphatic rings. The average Bonchev–Trinajstić information content (AvgIpc) is 3.91. The summed E-state index contributed by atoms with van der Waals surface area (Å²) in [6.45, 7) is 0. The summed E-state index contributed by atoms with van der Waals surface area (Å²) in [5.74, 6) is 0. The lowest BCUT2D eigenvalue weighted by atomic mass is 9.84. The van der Waals surface area contributed by atoms with E-state index in [0.29, 0.717) is 0 Å². The molecule has 226 valence electrons. The van der Waals surface area contributed by atoms with E-state index in [0.717, 1.165) is 21.1 Å². The second-order valence-corrected chi connectivity index (χ2v) is 13.6. The van der Waals surface area contributed by atoms with Crippen molar-refractivity contribution in [2.75, 3.05) is 0 Å². The van der Waals surface area contributed by atoms with E-state index in [4.69, 9.17) is 0 Å². The van der Waals surface area contributed by atoms with Gasteiger partial charge in [0.1, 0.15) is 10.0 Å². The summed E-state index contributed by atoms with van der Waals surface area (Å²) in [6.07, 6.45) is 3.73. The van der Waals surface area contributed by atoms with Crippen LogP contribution in [0, 0.1) is 0 Å². The van der Waals surface area contributed by atoms with E-state index in [1.807, 2.05) is 23.2 Å². The van der Waals surface area contributed by atoms with Crippen LogP contribution in [0.15, 0.2) is 169 Å². The van der Waals surface area contributed by atoms with Gasteiger partial charge in [-0.15, -0.1) is 22.7 Å². The molecular formula is C44H28N2S2. The molecule has 0 saturated heterocycles. The van der Waals surface area contributed by atoms with Crippen LogP contribution in [0.5, 0.6) is 0 Å². The molecule has 9 rings (SSSR count). The van der Waals surface area contributed by atoms with Crippen LogP contribution in [-0.2, 0) is 0 Å². The van der Waals surface area contributed by atoms with Crippen LogP contribution >= 0.6 is 22.7 Å². The highest BCUT2D eigenvalue weighted by Crippen LogP contribution is 2.45. The molecule has 48 heavy (non-hydrogen) atoms. The highest BCUT2D eigenvalue weighted by molar-refractivity contribution is 7.13. The van der Waals surface area contributed by atoms with Gasteiger partial charge >= 0.3 is 0 Å². The van der Waals surface area contributed by atoms with Gasteiger partial charge in [-0.1, -0.05) is 133 Å². The molecular weight excluding hydrogens is 621 g/mol. The van der Waals surface area contributed by atoms with Crippen molar-refractivity contribution in [2.24, 2.45) is 0 Å². The molecule has 0 saturated carbocycles. The van der Waals surface area contributed by atoms with Gasteiger partial charge in [0.05, 0.1) is 0 Å². The zero-order chi connectivity index (χ0) is 31.9. The molecule has 2 heterocycles. The Labute approximate surface area is 287 Å². The molecule has 0 fully saturated rings. The molecule has 2 nitrogen and oxygen atoms in total. The van der Waals surface area contributed by atoms with Crippen LogP contribution < -0.4 is 0 Å². The van der Waals surface area contributed by atoms with Gasteiger partial charge in [-0.3, -0.25) is 0 Å². The van der Waals surface area contributed by atoms with E-state index in [9.17, 15) is 0 Å². The molecule has 0 unspecified atom stereocenters. The number of thiazole rings is 2. The Morgan fingerprint density at radius 1 is 0.312 bits per heavy atom. The van der Waals surface area contributed by atoms with Crippen molar-refractivity contribution in [3.05, 3.63) is 169 Å². The quantitative estimate of drug-likeness (QED) is 0.168. The standard InChI is InChI=1S/C44H28N2S2/c1-2-7-29(8-3-1)34-9-6-10-35(27-34)36-21-22-39-40(28-36)42(31-15-19-33(20-16-31)44-46-24-26-48-44)38-12-5-4-11-37(38)41(39)30-13-17-32(18-14-30)43-45-23-25-47-43/h1-28H. The molecule has 7 aromatic carbocycles. The number of aromatic nitrogens is 2. The Balaban J connectivity index is 1.28. The van der Waals surface area contributed by atoms with Crippen molar-refractivity contribution >= 4 is 44.2 Å². The highest BCUT2D eigenvalue weighted by Gasteiger charge is 2.18. The highest BCUT2D eigenvalue weighted by atomic mass is 32.1. The number of fused-ring (bicyclic) bond motifs is 2.